The maximum atomic E-state index is 14.8. The molecule has 118 heavy (non-hydrogen) atoms. The fraction of sp³-hybridized carbons (Fsp3) is 0.262. The Labute approximate surface area is 710 Å². The Bertz CT molecular complexity index is 5680. The number of hydrogen-bond donors (Lipinski definition) is 7. The number of carboxylic acid groups (broad SMARTS) is 1. The molecular weight excluding hydrogens is 1670 g/mol. The van der Waals surface area contributed by atoms with Crippen molar-refractivity contribution in [1.29, 1.82) is 0 Å². The molecule has 1 fully saturated rings. The second kappa shape index (κ2) is 43.8. The van der Waals surface area contributed by atoms with E-state index in [-0.39, 0.29) is 94.6 Å². The van der Waals surface area contributed by atoms with Crippen molar-refractivity contribution < 1.29 is 61.6 Å². The van der Waals surface area contributed by atoms with Gasteiger partial charge < -0.3 is 57.5 Å². The van der Waals surface area contributed by atoms with Crippen LogP contribution in [0.4, 0.5) is 24.5 Å². The smallest absolute Gasteiger partial charge is 0.341 e. The van der Waals surface area contributed by atoms with E-state index in [1.54, 1.807) is 56.9 Å². The maximum absolute atomic E-state index is 14.8. The highest BCUT2D eigenvalue weighted by molar-refractivity contribution is 6.75. The predicted octanol–water partition coefficient (Wildman–Crippen LogP) is 19.1. The van der Waals surface area contributed by atoms with Crippen LogP contribution in [0.15, 0.2) is 160 Å². The number of carboxylic acids is 1. The van der Waals surface area contributed by atoms with Crippen molar-refractivity contribution in [1.82, 2.24) is 29.1 Å². The number of aromatic carboxylic acids is 1. The zero-order valence-corrected chi connectivity index (χ0v) is 72.2. The Morgan fingerprint density at radius 3 is 1.33 bits per heavy atom. The number of aromatic hydroxyl groups is 1. The third kappa shape index (κ3) is 28.0. The van der Waals surface area contributed by atoms with Crippen LogP contribution in [0.3, 0.4) is 0 Å². The number of Topliss-reactive ketones (excluding diaryl/α,β-unsaturated/α-hetero) is 1. The summed E-state index contributed by atoms with van der Waals surface area (Å²) in [6.07, 6.45) is 15.7. The van der Waals surface area contributed by atoms with Gasteiger partial charge in [-0.05, 0) is 166 Å². The largest absolute Gasteiger partial charge is 0.505 e. The lowest BCUT2D eigenvalue weighted by atomic mass is 9.65. The van der Waals surface area contributed by atoms with Crippen molar-refractivity contribution in [2.45, 2.75) is 120 Å². The number of primary amides is 3. The van der Waals surface area contributed by atoms with E-state index in [9.17, 15) is 51.5 Å². The van der Waals surface area contributed by atoms with Crippen molar-refractivity contribution in [3.8, 4) is 28.7 Å². The number of aromatic nitrogens is 6. The third-order valence-electron chi connectivity index (χ3n) is 17.6. The zero-order chi connectivity index (χ0) is 88.6. The molecule has 624 valence electrons. The highest BCUT2D eigenvalue weighted by atomic mass is 35.5. The van der Waals surface area contributed by atoms with Crippen LogP contribution < -0.4 is 49.0 Å². The summed E-state index contributed by atoms with van der Waals surface area (Å²) in [5, 5.41) is 19.9. The van der Waals surface area contributed by atoms with Gasteiger partial charge in [0.25, 0.3) is 17.7 Å². The summed E-state index contributed by atoms with van der Waals surface area (Å²) in [7, 11) is 2.12. The molecule has 24 nitrogen and oxygen atoms in total. The number of carbonyl (C=O) groups is 5. The summed E-state index contributed by atoms with van der Waals surface area (Å²) in [4.78, 5) is 107. The first-order valence-electron chi connectivity index (χ1n) is 35.9. The summed E-state index contributed by atoms with van der Waals surface area (Å²) in [6.45, 7) is 22.9. The Balaban J connectivity index is 0.000000259. The van der Waals surface area contributed by atoms with Gasteiger partial charge in [-0.3, -0.25) is 33.8 Å². The van der Waals surface area contributed by atoms with Gasteiger partial charge in [-0.2, -0.15) is 0 Å². The highest BCUT2D eigenvalue weighted by Gasteiger charge is 2.33. The number of nitrogens with zero attached hydrogens (tertiary/aromatic N) is 7. The van der Waals surface area contributed by atoms with Gasteiger partial charge in [0.2, 0.25) is 11.5 Å². The van der Waals surface area contributed by atoms with Crippen LogP contribution in [0.2, 0.25) is 49.8 Å². The van der Waals surface area contributed by atoms with Crippen molar-refractivity contribution in [2.75, 3.05) is 11.5 Å². The van der Waals surface area contributed by atoms with Crippen LogP contribution in [-0.4, -0.2) is 83.1 Å². The molecule has 0 spiro atoms. The molecule has 1 aliphatic rings. The number of isocyanates is 1. The average molecular weight is 1760 g/mol. The van der Waals surface area contributed by atoms with Gasteiger partial charge in [-0.1, -0.05) is 136 Å². The monoisotopic (exact) mass is 1750 g/mol. The number of phenolic OH excluding ortho intramolecular Hbond substituents is 1. The van der Waals surface area contributed by atoms with E-state index in [0.29, 0.717) is 54.3 Å². The standard InChI is InChI=1S/C27H23ClFN3O4.C14H15NO3.C12H9ClFN3O2.C10H20.C6H4Cl2N2O.C6H6FNO.C5H3Cl2N.C4H9NOSi/c1-4-15-5-7-19-17(11-15)26(34)23(14(2)32(19)3)20(33)13-16-6-8-21(18(29)12-16)36-22-9-10-31-25(24(22)28)27(30)35;1-4-9-5-6-11-10(7-9)13(16)12(14(17)18)8(2)15(11)3;13-10-9(3-4-17-11(10)12(16)18)19-8-2-1-6(15)5-7(8)14;1-9(2)6-5-7-10(3,4)8-9;7-3-1-2-10-5(4(3)8)6(9)11;7-5-3-4(8)1-2-6(5)9;6-4-1-2-8-3-5(4)7;1-7(2,3)5-4-6/h5-12H,4,13H2,1-3H3,(H2,30,35);5-7H,4H2,1-3H3,(H,17,18);1-5H,15H2,(H2,16,18);5-8H2,1-4H3;1-2H,(H2,9,11);1-3,9H,8H2;1-3H;1-3H3. The molecule has 0 saturated heterocycles. The number of carbonyl (C=O) groups excluding carboxylic acids is 5. The minimum absolute atomic E-state index is 0.000772. The molecule has 0 bridgehead atoms. The molecule has 11 aromatic rings. The number of rotatable bonds is 14. The van der Waals surface area contributed by atoms with Gasteiger partial charge in [-0.25, -0.2) is 42.4 Å². The topological polar surface area (TPSA) is 399 Å². The van der Waals surface area contributed by atoms with E-state index in [2.05, 4.69) is 52.3 Å². The lowest BCUT2D eigenvalue weighted by molar-refractivity contribution is 0.0692. The number of benzene rings is 5. The van der Waals surface area contributed by atoms with Gasteiger partial charge in [0.05, 0.1) is 36.7 Å². The molecule has 0 aliphatic heterocycles. The van der Waals surface area contributed by atoms with E-state index >= 15 is 0 Å². The van der Waals surface area contributed by atoms with Crippen LogP contribution in [0.5, 0.6) is 28.7 Å². The van der Waals surface area contributed by atoms with Gasteiger partial charge in [-0.15, -0.1) is 0 Å². The Morgan fingerprint density at radius 2 is 0.966 bits per heavy atom. The van der Waals surface area contributed by atoms with E-state index in [1.807, 2.05) is 68.4 Å². The Kier molecular flexibility index (Phi) is 36.2. The molecule has 12 N–H and O–H groups in total. The van der Waals surface area contributed by atoms with Crippen molar-refractivity contribution >= 4 is 147 Å². The number of hydrogen-bond acceptors (Lipinski definition) is 18. The van der Waals surface area contributed by atoms with Gasteiger partial charge in [0.1, 0.15) is 44.2 Å². The Hall–Kier alpha value is -11.2. The molecule has 1 saturated carbocycles. The number of aryl methyl sites for hydroxylation is 4. The number of fused-ring (bicyclic) bond motifs is 2. The van der Waals surface area contributed by atoms with E-state index in [4.69, 9.17) is 118 Å². The SMILES string of the molecule is CC1(C)CCCC(C)(C)C1.CCc1ccc2c(c1)c(=O)c(C(=O)Cc1ccc(Oc3ccnc(C(N)=O)c3Cl)c(F)c1)c(C)n2C.CCc1ccc2c(c1)c(=O)c(C(=O)O)c(C)n2C.C[Si](C)(C)N=C=O.Clc1ccncc1Cl.NC(=O)c1nccc(Cl)c1Cl.NC(=O)c1nccc(Oc2ccc(N)cc2F)c1Cl.Nc1ccc(O)c(F)c1. The number of ether oxygens (including phenoxy) is 2. The molecule has 34 heteroatoms. The molecule has 5 aromatic carbocycles. The zero-order valence-electron chi connectivity index (χ0n) is 66.7. The van der Waals surface area contributed by atoms with Crippen LogP contribution >= 0.6 is 69.6 Å². The molecule has 0 atom stereocenters. The third-order valence-corrected chi connectivity index (χ3v) is 20.6. The van der Waals surface area contributed by atoms with Crippen LogP contribution in [0.1, 0.15) is 147 Å². The van der Waals surface area contributed by atoms with Crippen molar-refractivity contribution in [3.05, 3.63) is 271 Å². The van der Waals surface area contributed by atoms with E-state index in [1.165, 1.54) is 105 Å². The molecule has 6 aromatic heterocycles. The number of halogens is 9. The number of pyridine rings is 6. The minimum atomic E-state index is -1.46. The summed E-state index contributed by atoms with van der Waals surface area (Å²) in [6, 6.07) is 28.8. The quantitative estimate of drug-likeness (QED) is 0.0133. The number of anilines is 2. The lowest BCUT2D eigenvalue weighted by Gasteiger charge is -2.40. The van der Waals surface area contributed by atoms with Crippen molar-refractivity contribution in [3.63, 3.8) is 0 Å². The first kappa shape index (κ1) is 97.4. The summed E-state index contributed by atoms with van der Waals surface area (Å²) in [5.41, 5.74) is 31.4. The second-order valence-corrected chi connectivity index (χ2v) is 35.8. The molecule has 6 heterocycles. The number of ketones is 1. The predicted molar refractivity (Wildman–Crippen MR) is 461 cm³/mol. The summed E-state index contributed by atoms with van der Waals surface area (Å²) in [5.74, 6) is -6.51. The number of nitrogen functional groups attached to an aromatic ring is 2. The van der Waals surface area contributed by atoms with Crippen LogP contribution in [0.25, 0.3) is 21.8 Å². The second-order valence-electron chi connectivity index (χ2n) is 28.9. The normalized spacial score (nSPS) is 12.1. The number of nitrogens with two attached hydrogens (primary N) is 5. The van der Waals surface area contributed by atoms with Gasteiger partial charge in [0, 0.05) is 109 Å². The molecular formula is C84H89Cl6F3N12O12Si. The lowest BCUT2D eigenvalue weighted by Crippen LogP contribution is -2.28. The van der Waals surface area contributed by atoms with Gasteiger partial charge >= 0.3 is 5.97 Å². The van der Waals surface area contributed by atoms with Gasteiger partial charge in [0.15, 0.2) is 54.1 Å². The van der Waals surface area contributed by atoms with Crippen LogP contribution in [0, 0.1) is 42.1 Å². The fourth-order valence-corrected chi connectivity index (χ4v) is 13.1. The molecule has 0 unspecified atom stereocenters. The van der Waals surface area contributed by atoms with E-state index in [0.717, 1.165) is 53.2 Å². The highest BCUT2D eigenvalue weighted by Crippen LogP contribution is 2.45. The minimum Gasteiger partial charge on any atom is -0.505 e. The number of phenols is 1. The Morgan fingerprint density at radius 1 is 0.551 bits per heavy atom. The molecule has 0 radical (unpaired) electrons. The van der Waals surface area contributed by atoms with E-state index < -0.39 is 60.6 Å². The van der Waals surface area contributed by atoms with Crippen LogP contribution in [-0.2, 0) is 38.2 Å². The number of amides is 3. The molecule has 1 aliphatic carbocycles. The fourth-order valence-electron chi connectivity index (χ4n) is 11.8. The first-order valence-corrected chi connectivity index (χ1v) is 41.7. The summed E-state index contributed by atoms with van der Waals surface area (Å²) >= 11 is 34.2. The average Bonchev–Trinajstić information content (AvgIpc) is 0.767. The molecule has 3 amide bonds. The molecule has 12 rings (SSSR count). The maximum Gasteiger partial charge on any atom is 0.341 e. The van der Waals surface area contributed by atoms with Crippen molar-refractivity contribution in [2.24, 2.45) is 46.8 Å². The first-order chi connectivity index (χ1) is 55.2. The summed E-state index contributed by atoms with van der Waals surface area (Å²) < 4.78 is 58.6.